The fourth-order valence-corrected chi connectivity index (χ4v) is 0. The first-order valence-electron chi connectivity index (χ1n) is 0.908. The fraction of sp³-hybridized carbons (Fsp3) is 0.500. The van der Waals surface area contributed by atoms with E-state index in [4.69, 9.17) is 9.90 Å². The van der Waals surface area contributed by atoms with Crippen molar-refractivity contribution in [1.29, 1.82) is 0 Å². The molecule has 0 aromatic heterocycles. The molecule has 2 nitrogen and oxygen atoms in total. The van der Waals surface area contributed by atoms with Crippen molar-refractivity contribution >= 4 is 29.9 Å². The van der Waals surface area contributed by atoms with Crippen molar-refractivity contribution in [3.05, 3.63) is 0 Å². The smallest absolute Gasteiger partial charge is 0.550 e. The Bertz CT molecular complexity index is 30.6. The molecule has 0 atom stereocenters. The summed E-state index contributed by atoms with van der Waals surface area (Å²) in [5.74, 6) is -1.08. The number of carboxylic acid groups (broad SMARTS) is 1. The Balaban J connectivity index is 0. The van der Waals surface area contributed by atoms with Crippen LogP contribution in [0.3, 0.4) is 0 Å². The molecule has 0 amide bonds. The molecule has 0 unspecified atom stereocenters. The summed E-state index contributed by atoms with van der Waals surface area (Å²) in [6, 6.07) is 0. The van der Waals surface area contributed by atoms with Gasteiger partial charge in [0.15, 0.2) is 0 Å². The van der Waals surface area contributed by atoms with Crippen molar-refractivity contribution in [2.24, 2.45) is 0 Å². The summed E-state index contributed by atoms with van der Waals surface area (Å²) < 4.78 is 0. The molecule has 0 heterocycles. The van der Waals surface area contributed by atoms with E-state index in [0.29, 0.717) is 0 Å². The zero-order valence-corrected chi connectivity index (χ0v) is 5.67. The van der Waals surface area contributed by atoms with Gasteiger partial charge in [0.2, 0.25) is 0 Å². The molecule has 3 radical (unpaired) electrons. The molecule has 0 aliphatic rings. The van der Waals surface area contributed by atoms with E-state index in [1.165, 1.54) is 0 Å². The van der Waals surface area contributed by atoms with Crippen LogP contribution in [0.2, 0.25) is 0 Å². The Hall–Kier alpha value is 0.269. The van der Waals surface area contributed by atoms with Crippen LogP contribution in [0, 0.1) is 0 Å². The number of carbonyl (C=O) groups is 1. The van der Waals surface area contributed by atoms with Gasteiger partial charge in [0.25, 0.3) is 0 Å². The maximum Gasteiger partial charge on any atom is 1.00 e. The van der Waals surface area contributed by atoms with Crippen molar-refractivity contribution in [3.63, 3.8) is 0 Å². The number of aliphatic carboxylic acids is 1. The van der Waals surface area contributed by atoms with E-state index < -0.39 is 5.97 Å². The van der Waals surface area contributed by atoms with Gasteiger partial charge in [-0.25, -0.2) is 0 Å². The number of hydrogen-bond acceptors (Lipinski definition) is 2. The van der Waals surface area contributed by atoms with Crippen molar-refractivity contribution in [2.75, 3.05) is 0 Å². The standard InChI is InChI=1S/C2H4O2.Sn/c1-2(3)4;/h1H3,(H,3,4);/q;+1/p-1. The largest absolute Gasteiger partial charge is 1.00 e. The van der Waals surface area contributed by atoms with Crippen LogP contribution >= 0.6 is 0 Å². The maximum absolute atomic E-state index is 8.89. The van der Waals surface area contributed by atoms with Gasteiger partial charge in [-0.1, -0.05) is 0 Å². The van der Waals surface area contributed by atoms with Gasteiger partial charge in [0.1, 0.15) is 0 Å². The monoisotopic (exact) mass is 179 g/mol. The molecule has 0 aromatic rings. The normalized spacial score (nSPS) is 5.00. The van der Waals surface area contributed by atoms with Crippen LogP contribution in [0.15, 0.2) is 0 Å². The van der Waals surface area contributed by atoms with Gasteiger partial charge in [-0.15, -0.1) is 0 Å². The number of rotatable bonds is 0. The van der Waals surface area contributed by atoms with Crippen LogP contribution in [-0.4, -0.2) is 29.9 Å². The average molecular weight is 178 g/mol. The molecule has 3 heteroatoms. The second-order valence-electron chi connectivity index (χ2n) is 0.492. The predicted molar refractivity (Wildman–Crippen MR) is 16.4 cm³/mol. The second-order valence-corrected chi connectivity index (χ2v) is 0.492. The molecule has 0 spiro atoms. The zero-order valence-electron chi connectivity index (χ0n) is 2.82. The fourth-order valence-electron chi connectivity index (χ4n) is 0. The molecule has 0 aliphatic heterocycles. The SMILES string of the molecule is CC(=O)[O-].[Sn+]. The van der Waals surface area contributed by atoms with Gasteiger partial charge < -0.3 is 9.90 Å². The number of carboxylic acids is 1. The van der Waals surface area contributed by atoms with Gasteiger partial charge in [-0.2, -0.15) is 0 Å². The third-order valence-corrected chi connectivity index (χ3v) is 0. The van der Waals surface area contributed by atoms with Crippen LogP contribution < -0.4 is 5.11 Å². The molecular formula is C2H3O2Sn. The molecule has 5 heavy (non-hydrogen) atoms. The van der Waals surface area contributed by atoms with Crippen LogP contribution in [0.25, 0.3) is 0 Å². The molecule has 0 rings (SSSR count). The number of carbonyl (C=O) groups excluding carboxylic acids is 1. The van der Waals surface area contributed by atoms with E-state index in [1.54, 1.807) is 0 Å². The zero-order chi connectivity index (χ0) is 3.58. The summed E-state index contributed by atoms with van der Waals surface area (Å²) in [4.78, 5) is 8.89. The molecular weight excluding hydrogens is 175 g/mol. The summed E-state index contributed by atoms with van der Waals surface area (Å²) >= 11 is 0. The van der Waals surface area contributed by atoms with Gasteiger partial charge in [0, 0.05) is 5.97 Å². The van der Waals surface area contributed by atoms with Crippen LogP contribution in [0.5, 0.6) is 0 Å². The van der Waals surface area contributed by atoms with Crippen molar-refractivity contribution in [1.82, 2.24) is 0 Å². The van der Waals surface area contributed by atoms with E-state index in [2.05, 4.69) is 0 Å². The topological polar surface area (TPSA) is 40.1 Å². The molecule has 0 saturated carbocycles. The first-order valence-corrected chi connectivity index (χ1v) is 0.908. The van der Waals surface area contributed by atoms with Crippen LogP contribution in [-0.2, 0) is 4.79 Å². The maximum atomic E-state index is 8.89. The molecule has 0 aliphatic carbocycles. The van der Waals surface area contributed by atoms with E-state index in [0.717, 1.165) is 6.92 Å². The third kappa shape index (κ3) is 304. The Morgan fingerprint density at radius 3 is 1.80 bits per heavy atom. The van der Waals surface area contributed by atoms with E-state index in [-0.39, 0.29) is 23.9 Å². The summed E-state index contributed by atoms with van der Waals surface area (Å²) in [6.07, 6.45) is 0. The quantitative estimate of drug-likeness (QED) is 0.418. The Kier molecular flexibility index (Phi) is 7.67. The first-order chi connectivity index (χ1) is 1.73. The second kappa shape index (κ2) is 4.27. The molecule has 0 N–H and O–H groups in total. The minimum Gasteiger partial charge on any atom is -0.550 e. The Morgan fingerprint density at radius 1 is 1.80 bits per heavy atom. The van der Waals surface area contributed by atoms with Gasteiger partial charge in [-0.05, 0) is 6.92 Å². The average Bonchev–Trinajstić information content (AvgIpc) is 0.811. The minimum atomic E-state index is -1.08. The summed E-state index contributed by atoms with van der Waals surface area (Å²) in [7, 11) is 0. The summed E-state index contributed by atoms with van der Waals surface area (Å²) in [5.41, 5.74) is 0. The predicted octanol–water partition coefficient (Wildman–Crippen LogP) is -1.62. The van der Waals surface area contributed by atoms with Crippen LogP contribution in [0.1, 0.15) is 6.92 Å². The van der Waals surface area contributed by atoms with Gasteiger partial charge in [-0.3, -0.25) is 0 Å². The third-order valence-electron chi connectivity index (χ3n) is 0. The molecule has 0 aromatic carbocycles. The van der Waals surface area contributed by atoms with Gasteiger partial charge in [0.05, 0.1) is 0 Å². The molecule has 0 saturated heterocycles. The van der Waals surface area contributed by atoms with Crippen molar-refractivity contribution in [2.45, 2.75) is 6.92 Å². The molecule has 27 valence electrons. The first kappa shape index (κ1) is 8.99. The van der Waals surface area contributed by atoms with Gasteiger partial charge >= 0.3 is 23.9 Å². The van der Waals surface area contributed by atoms with Crippen molar-refractivity contribution < 1.29 is 9.90 Å². The van der Waals surface area contributed by atoms with Crippen molar-refractivity contribution in [3.8, 4) is 0 Å². The Morgan fingerprint density at radius 2 is 1.80 bits per heavy atom. The summed E-state index contributed by atoms with van der Waals surface area (Å²) in [6.45, 7) is 0.972. The Labute approximate surface area is 47.1 Å². The number of hydrogen-bond donors (Lipinski definition) is 0. The molecule has 0 fully saturated rings. The van der Waals surface area contributed by atoms with Crippen LogP contribution in [0.4, 0.5) is 0 Å². The van der Waals surface area contributed by atoms with E-state index in [1.807, 2.05) is 0 Å². The summed E-state index contributed by atoms with van der Waals surface area (Å²) in [5, 5.41) is 8.89. The van der Waals surface area contributed by atoms with E-state index in [9.17, 15) is 0 Å². The van der Waals surface area contributed by atoms with E-state index >= 15 is 0 Å². The molecule has 0 bridgehead atoms. The minimum absolute atomic E-state index is 0.